The lowest BCUT2D eigenvalue weighted by Gasteiger charge is -2.37. The SMILES string of the molecule is CCCC(=O)Nc1ccc(N2CCN(c3ccc(OC)cc3)CC2)cc1C(=O)O. The fraction of sp³-hybridized carbons (Fsp3) is 0.364. The number of rotatable bonds is 7. The van der Waals surface area contributed by atoms with E-state index in [1.54, 1.807) is 19.2 Å². The second-order valence-corrected chi connectivity index (χ2v) is 7.01. The summed E-state index contributed by atoms with van der Waals surface area (Å²) in [6, 6.07) is 13.2. The fourth-order valence-electron chi connectivity index (χ4n) is 3.47. The van der Waals surface area contributed by atoms with Gasteiger partial charge < -0.3 is 25.0 Å². The van der Waals surface area contributed by atoms with Gasteiger partial charge in [0.1, 0.15) is 5.75 Å². The van der Waals surface area contributed by atoms with Gasteiger partial charge in [0.15, 0.2) is 0 Å². The van der Waals surface area contributed by atoms with E-state index in [0.717, 1.165) is 43.3 Å². The molecule has 7 heteroatoms. The third-order valence-corrected chi connectivity index (χ3v) is 5.07. The molecule has 1 saturated heterocycles. The van der Waals surface area contributed by atoms with Gasteiger partial charge in [0, 0.05) is 44.0 Å². The maximum atomic E-state index is 11.9. The number of carbonyl (C=O) groups excluding carboxylic acids is 1. The van der Waals surface area contributed by atoms with Gasteiger partial charge in [0.2, 0.25) is 5.91 Å². The minimum atomic E-state index is -1.05. The van der Waals surface area contributed by atoms with Crippen LogP contribution in [0.1, 0.15) is 30.1 Å². The number of methoxy groups -OCH3 is 1. The highest BCUT2D eigenvalue weighted by molar-refractivity contribution is 6.01. The highest BCUT2D eigenvalue weighted by Crippen LogP contribution is 2.26. The van der Waals surface area contributed by atoms with Crippen LogP contribution in [0.5, 0.6) is 5.75 Å². The van der Waals surface area contributed by atoms with Crippen LogP contribution in [0, 0.1) is 0 Å². The predicted molar refractivity (Wildman–Crippen MR) is 114 cm³/mol. The average Bonchev–Trinajstić information content (AvgIpc) is 2.74. The van der Waals surface area contributed by atoms with E-state index < -0.39 is 5.97 Å². The topological polar surface area (TPSA) is 82.1 Å². The quantitative estimate of drug-likeness (QED) is 0.745. The molecular formula is C22H27N3O4. The molecule has 1 aliphatic rings. The maximum Gasteiger partial charge on any atom is 0.337 e. The van der Waals surface area contributed by atoms with Crippen LogP contribution >= 0.6 is 0 Å². The first-order chi connectivity index (χ1) is 14.0. The molecule has 0 aromatic heterocycles. The Morgan fingerprint density at radius 1 is 1.00 bits per heavy atom. The molecule has 0 radical (unpaired) electrons. The normalized spacial score (nSPS) is 13.9. The zero-order valence-electron chi connectivity index (χ0n) is 16.9. The summed E-state index contributed by atoms with van der Waals surface area (Å²) >= 11 is 0. The number of amides is 1. The second kappa shape index (κ2) is 9.32. The Morgan fingerprint density at radius 3 is 2.14 bits per heavy atom. The zero-order valence-corrected chi connectivity index (χ0v) is 16.9. The first-order valence-electron chi connectivity index (χ1n) is 9.83. The summed E-state index contributed by atoms with van der Waals surface area (Å²) in [6.45, 7) is 5.15. The molecule has 3 rings (SSSR count). The first kappa shape index (κ1) is 20.5. The highest BCUT2D eigenvalue weighted by Gasteiger charge is 2.20. The van der Waals surface area contributed by atoms with E-state index in [2.05, 4.69) is 15.1 Å². The Hall–Kier alpha value is -3.22. The molecule has 29 heavy (non-hydrogen) atoms. The van der Waals surface area contributed by atoms with Crippen LogP contribution in [0.25, 0.3) is 0 Å². The largest absolute Gasteiger partial charge is 0.497 e. The third-order valence-electron chi connectivity index (χ3n) is 5.07. The van der Waals surface area contributed by atoms with Crippen LogP contribution in [0.3, 0.4) is 0 Å². The molecule has 0 aliphatic carbocycles. The van der Waals surface area contributed by atoms with Crippen LogP contribution in [0.4, 0.5) is 17.1 Å². The van der Waals surface area contributed by atoms with Crippen molar-refractivity contribution < 1.29 is 19.4 Å². The van der Waals surface area contributed by atoms with Gasteiger partial charge in [0.05, 0.1) is 18.4 Å². The van der Waals surface area contributed by atoms with Crippen LogP contribution in [0.2, 0.25) is 0 Å². The van der Waals surface area contributed by atoms with Gasteiger partial charge in [-0.2, -0.15) is 0 Å². The molecule has 1 fully saturated rings. The number of carbonyl (C=O) groups is 2. The Balaban J connectivity index is 1.68. The number of anilines is 3. The molecular weight excluding hydrogens is 370 g/mol. The molecule has 0 unspecified atom stereocenters. The van der Waals surface area contributed by atoms with Gasteiger partial charge in [-0.3, -0.25) is 4.79 Å². The molecule has 1 heterocycles. The number of hydrogen-bond donors (Lipinski definition) is 2. The van der Waals surface area contributed by atoms with Crippen LogP contribution < -0.4 is 19.9 Å². The first-order valence-corrected chi connectivity index (χ1v) is 9.83. The summed E-state index contributed by atoms with van der Waals surface area (Å²) in [7, 11) is 1.65. The van der Waals surface area contributed by atoms with E-state index in [9.17, 15) is 14.7 Å². The van der Waals surface area contributed by atoms with E-state index in [1.807, 2.05) is 37.3 Å². The smallest absolute Gasteiger partial charge is 0.337 e. The molecule has 1 aliphatic heterocycles. The Labute approximate surface area is 170 Å². The van der Waals surface area contributed by atoms with Gasteiger partial charge in [0.25, 0.3) is 0 Å². The number of aromatic carboxylic acids is 1. The molecule has 2 N–H and O–H groups in total. The zero-order chi connectivity index (χ0) is 20.8. The highest BCUT2D eigenvalue weighted by atomic mass is 16.5. The summed E-state index contributed by atoms with van der Waals surface area (Å²) in [5.74, 6) is -0.383. The van der Waals surface area contributed by atoms with E-state index in [4.69, 9.17) is 4.74 Å². The minimum Gasteiger partial charge on any atom is -0.497 e. The number of benzene rings is 2. The molecule has 2 aromatic carbocycles. The number of hydrogen-bond acceptors (Lipinski definition) is 5. The van der Waals surface area contributed by atoms with Gasteiger partial charge >= 0.3 is 5.97 Å². The molecule has 0 saturated carbocycles. The van der Waals surface area contributed by atoms with Crippen LogP contribution in [-0.2, 0) is 4.79 Å². The van der Waals surface area contributed by atoms with Crippen molar-refractivity contribution in [3.63, 3.8) is 0 Å². The summed E-state index contributed by atoms with van der Waals surface area (Å²) in [4.78, 5) is 28.0. The number of nitrogens with zero attached hydrogens (tertiary/aromatic N) is 2. The standard InChI is InChI=1S/C22H27N3O4/c1-3-4-21(26)23-20-10-7-17(15-19(20)22(27)28)25-13-11-24(12-14-25)16-5-8-18(29-2)9-6-16/h5-10,15H,3-4,11-14H2,1-2H3,(H,23,26)(H,27,28). The number of carboxylic acid groups (broad SMARTS) is 1. The summed E-state index contributed by atoms with van der Waals surface area (Å²) in [6.07, 6.45) is 1.08. The lowest BCUT2D eigenvalue weighted by atomic mass is 10.1. The fourth-order valence-corrected chi connectivity index (χ4v) is 3.47. The van der Waals surface area contributed by atoms with Crippen molar-refractivity contribution in [3.8, 4) is 5.75 Å². The monoisotopic (exact) mass is 397 g/mol. The molecule has 2 aromatic rings. The summed E-state index contributed by atoms with van der Waals surface area (Å²) < 4.78 is 5.21. The third kappa shape index (κ3) is 4.99. The number of piperazine rings is 1. The van der Waals surface area contributed by atoms with Crippen molar-refractivity contribution in [3.05, 3.63) is 48.0 Å². The van der Waals surface area contributed by atoms with E-state index in [0.29, 0.717) is 18.5 Å². The lowest BCUT2D eigenvalue weighted by molar-refractivity contribution is -0.116. The molecule has 0 spiro atoms. The average molecular weight is 397 g/mol. The van der Waals surface area contributed by atoms with Gasteiger partial charge in [-0.25, -0.2) is 4.79 Å². The Bertz CT molecular complexity index is 859. The Kier molecular flexibility index (Phi) is 6.59. The van der Waals surface area contributed by atoms with E-state index >= 15 is 0 Å². The van der Waals surface area contributed by atoms with Crippen molar-refractivity contribution in [1.29, 1.82) is 0 Å². The molecule has 0 atom stereocenters. The molecule has 7 nitrogen and oxygen atoms in total. The van der Waals surface area contributed by atoms with Crippen LogP contribution in [0.15, 0.2) is 42.5 Å². The van der Waals surface area contributed by atoms with E-state index in [-0.39, 0.29) is 11.5 Å². The number of nitrogens with one attached hydrogen (secondary N) is 1. The molecule has 1 amide bonds. The van der Waals surface area contributed by atoms with Gasteiger partial charge in [-0.05, 0) is 48.9 Å². The number of ether oxygens (including phenoxy) is 1. The van der Waals surface area contributed by atoms with Gasteiger partial charge in [-0.1, -0.05) is 6.92 Å². The van der Waals surface area contributed by atoms with Crippen molar-refractivity contribution in [2.45, 2.75) is 19.8 Å². The lowest BCUT2D eigenvalue weighted by Crippen LogP contribution is -2.46. The maximum absolute atomic E-state index is 11.9. The second-order valence-electron chi connectivity index (χ2n) is 7.01. The van der Waals surface area contributed by atoms with Crippen molar-refractivity contribution >= 4 is 28.9 Å². The molecule has 154 valence electrons. The summed E-state index contributed by atoms with van der Waals surface area (Å²) in [5.41, 5.74) is 2.46. The van der Waals surface area contributed by atoms with Gasteiger partial charge in [-0.15, -0.1) is 0 Å². The minimum absolute atomic E-state index is 0.115. The Morgan fingerprint density at radius 2 is 1.59 bits per heavy atom. The molecule has 0 bridgehead atoms. The summed E-state index contributed by atoms with van der Waals surface area (Å²) in [5, 5.41) is 12.3. The van der Waals surface area contributed by atoms with Crippen LogP contribution in [-0.4, -0.2) is 50.3 Å². The predicted octanol–water partition coefficient (Wildman–Crippen LogP) is 3.46. The van der Waals surface area contributed by atoms with Crippen molar-refractivity contribution in [2.75, 3.05) is 48.4 Å². The number of carboxylic acids is 1. The van der Waals surface area contributed by atoms with Crippen molar-refractivity contribution in [2.24, 2.45) is 0 Å². The van der Waals surface area contributed by atoms with Crippen molar-refractivity contribution in [1.82, 2.24) is 0 Å². The van der Waals surface area contributed by atoms with E-state index in [1.165, 1.54) is 0 Å².